The molecule has 0 unspecified atom stereocenters. The molecule has 2 aromatic carbocycles. The summed E-state index contributed by atoms with van der Waals surface area (Å²) in [6.07, 6.45) is 1.25. The highest BCUT2D eigenvalue weighted by molar-refractivity contribution is 5.86. The van der Waals surface area contributed by atoms with Gasteiger partial charge in [-0.15, -0.1) is 0 Å². The average molecular weight is 389 g/mol. The van der Waals surface area contributed by atoms with E-state index >= 15 is 0 Å². The van der Waals surface area contributed by atoms with Crippen LogP contribution < -0.4 is 11.2 Å². The van der Waals surface area contributed by atoms with Crippen LogP contribution in [0.1, 0.15) is 22.5 Å². The minimum atomic E-state index is -0.715. The zero-order chi connectivity index (χ0) is 20.7. The average Bonchev–Trinajstić information content (AvgIpc) is 3.04. The van der Waals surface area contributed by atoms with Crippen LogP contribution in [0.15, 0.2) is 51.0 Å². The Morgan fingerprint density at radius 3 is 2.69 bits per heavy atom. The molecule has 0 saturated heterocycles. The van der Waals surface area contributed by atoms with E-state index in [9.17, 15) is 14.7 Å². The third kappa shape index (κ3) is 3.25. The second-order valence-electron chi connectivity index (χ2n) is 6.83. The summed E-state index contributed by atoms with van der Waals surface area (Å²) in [6, 6.07) is 10.7. The van der Waals surface area contributed by atoms with Gasteiger partial charge in [0, 0.05) is 6.21 Å². The molecule has 146 valence electrons. The van der Waals surface area contributed by atoms with E-state index in [2.05, 4.69) is 19.9 Å². The van der Waals surface area contributed by atoms with Gasteiger partial charge in [-0.05, 0) is 56.2 Å². The molecule has 4 rings (SSSR count). The quantitative estimate of drug-likeness (QED) is 0.467. The van der Waals surface area contributed by atoms with Crippen molar-refractivity contribution >= 4 is 22.9 Å². The number of rotatable bonds is 3. The SMILES string of the molecule is Cc1nc2ccc(N=Cc3c(O)n(-c4cccc(C)c4C)c(=O)[nH]c3=O)cc2[nH]1. The van der Waals surface area contributed by atoms with Crippen LogP contribution in [0.4, 0.5) is 5.69 Å². The smallest absolute Gasteiger partial charge is 0.335 e. The van der Waals surface area contributed by atoms with Crippen molar-refractivity contribution in [2.24, 2.45) is 4.99 Å². The van der Waals surface area contributed by atoms with Crippen molar-refractivity contribution < 1.29 is 5.11 Å². The van der Waals surface area contributed by atoms with Gasteiger partial charge in [0.15, 0.2) is 0 Å². The van der Waals surface area contributed by atoms with Crippen LogP contribution in [-0.4, -0.2) is 30.8 Å². The third-order valence-corrected chi connectivity index (χ3v) is 4.86. The van der Waals surface area contributed by atoms with Gasteiger partial charge in [0.05, 0.1) is 22.4 Å². The molecule has 0 atom stereocenters. The van der Waals surface area contributed by atoms with Gasteiger partial charge in [-0.1, -0.05) is 12.1 Å². The zero-order valence-electron chi connectivity index (χ0n) is 16.1. The first-order valence-corrected chi connectivity index (χ1v) is 9.00. The van der Waals surface area contributed by atoms with Crippen molar-refractivity contribution in [1.29, 1.82) is 0 Å². The summed E-state index contributed by atoms with van der Waals surface area (Å²) in [7, 11) is 0. The Hall–Kier alpha value is -3.94. The molecule has 0 aliphatic carbocycles. The lowest BCUT2D eigenvalue weighted by molar-refractivity contribution is 0.430. The van der Waals surface area contributed by atoms with Gasteiger partial charge in [0.25, 0.3) is 5.56 Å². The molecule has 2 aromatic heterocycles. The molecule has 0 aliphatic rings. The summed E-state index contributed by atoms with van der Waals surface area (Å²) in [5, 5.41) is 10.7. The number of hydrogen-bond donors (Lipinski definition) is 3. The number of imidazole rings is 1. The van der Waals surface area contributed by atoms with E-state index in [-0.39, 0.29) is 5.56 Å². The Morgan fingerprint density at radius 1 is 1.10 bits per heavy atom. The molecule has 2 heterocycles. The fourth-order valence-electron chi connectivity index (χ4n) is 3.20. The molecular weight excluding hydrogens is 370 g/mol. The maximum atomic E-state index is 12.4. The van der Waals surface area contributed by atoms with E-state index < -0.39 is 17.1 Å². The summed E-state index contributed by atoms with van der Waals surface area (Å²) >= 11 is 0. The van der Waals surface area contributed by atoms with Crippen molar-refractivity contribution in [2.75, 3.05) is 0 Å². The van der Waals surface area contributed by atoms with Crippen molar-refractivity contribution in [3.8, 4) is 11.6 Å². The number of aromatic hydroxyl groups is 1. The van der Waals surface area contributed by atoms with Crippen LogP contribution in [0, 0.1) is 20.8 Å². The number of aromatic nitrogens is 4. The van der Waals surface area contributed by atoms with Crippen LogP contribution in [0.2, 0.25) is 0 Å². The zero-order valence-corrected chi connectivity index (χ0v) is 16.1. The number of hydrogen-bond acceptors (Lipinski definition) is 5. The van der Waals surface area contributed by atoms with E-state index in [0.717, 1.165) is 32.6 Å². The van der Waals surface area contributed by atoms with Gasteiger partial charge in [-0.25, -0.2) is 14.3 Å². The molecule has 0 bridgehead atoms. The molecule has 29 heavy (non-hydrogen) atoms. The molecule has 0 radical (unpaired) electrons. The standard InChI is InChI=1S/C21H19N5O3/c1-11-5-4-6-18(12(11)2)26-20(28)15(19(27)25-21(26)29)10-22-14-7-8-16-17(9-14)24-13(3)23-16/h4-10,28H,1-3H3,(H,23,24)(H,25,27,29). The van der Waals surface area contributed by atoms with E-state index in [1.54, 1.807) is 24.3 Å². The van der Waals surface area contributed by atoms with Gasteiger partial charge >= 0.3 is 5.69 Å². The molecule has 4 aromatic rings. The Kier molecular flexibility index (Phi) is 4.38. The summed E-state index contributed by atoms with van der Waals surface area (Å²) in [4.78, 5) is 38.7. The van der Waals surface area contributed by atoms with Gasteiger partial charge in [-0.2, -0.15) is 0 Å². The van der Waals surface area contributed by atoms with E-state index in [1.807, 2.05) is 32.9 Å². The number of fused-ring (bicyclic) bond motifs is 1. The lowest BCUT2D eigenvalue weighted by atomic mass is 10.1. The summed E-state index contributed by atoms with van der Waals surface area (Å²) in [5.74, 6) is 0.325. The molecule has 0 saturated carbocycles. The first-order chi connectivity index (χ1) is 13.8. The molecule has 0 aliphatic heterocycles. The molecule has 8 nitrogen and oxygen atoms in total. The molecule has 0 fully saturated rings. The number of aromatic amines is 2. The van der Waals surface area contributed by atoms with E-state index in [4.69, 9.17) is 0 Å². The van der Waals surface area contributed by atoms with E-state index in [1.165, 1.54) is 6.21 Å². The fourth-order valence-corrected chi connectivity index (χ4v) is 3.20. The third-order valence-electron chi connectivity index (χ3n) is 4.86. The summed E-state index contributed by atoms with van der Waals surface area (Å²) in [5.41, 5.74) is 2.94. The minimum Gasteiger partial charge on any atom is -0.493 e. The molecule has 3 N–H and O–H groups in total. The lowest BCUT2D eigenvalue weighted by Crippen LogP contribution is -2.31. The first kappa shape index (κ1) is 18.4. The summed E-state index contributed by atoms with van der Waals surface area (Å²) < 4.78 is 1.08. The maximum Gasteiger partial charge on any atom is 0.335 e. The van der Waals surface area contributed by atoms with Crippen LogP contribution in [0.25, 0.3) is 16.7 Å². The predicted molar refractivity (Wildman–Crippen MR) is 112 cm³/mol. The highest BCUT2D eigenvalue weighted by atomic mass is 16.3. The number of aryl methyl sites for hydroxylation is 2. The molecule has 8 heteroatoms. The number of nitrogens with one attached hydrogen (secondary N) is 2. The van der Waals surface area contributed by atoms with Gasteiger partial charge < -0.3 is 10.1 Å². The van der Waals surface area contributed by atoms with Crippen molar-refractivity contribution in [3.63, 3.8) is 0 Å². The normalized spacial score (nSPS) is 11.6. The topological polar surface area (TPSA) is 116 Å². The molecular formula is C21H19N5O3. The van der Waals surface area contributed by atoms with Crippen LogP contribution >= 0.6 is 0 Å². The second kappa shape index (κ2) is 6.90. The van der Waals surface area contributed by atoms with Crippen molar-refractivity contribution in [1.82, 2.24) is 19.5 Å². The Bertz CT molecular complexity index is 1390. The number of aliphatic imine (C=N–C) groups is 1. The first-order valence-electron chi connectivity index (χ1n) is 9.00. The Labute approximate surface area is 165 Å². The monoisotopic (exact) mass is 389 g/mol. The lowest BCUT2D eigenvalue weighted by Gasteiger charge is -2.13. The van der Waals surface area contributed by atoms with Crippen LogP contribution in [0.3, 0.4) is 0 Å². The maximum absolute atomic E-state index is 12.4. The van der Waals surface area contributed by atoms with Gasteiger partial charge in [-0.3, -0.25) is 14.8 Å². The Morgan fingerprint density at radius 2 is 1.90 bits per heavy atom. The van der Waals surface area contributed by atoms with Gasteiger partial charge in [0.2, 0.25) is 5.88 Å². The fraction of sp³-hybridized carbons (Fsp3) is 0.143. The highest BCUT2D eigenvalue weighted by Crippen LogP contribution is 2.22. The number of H-pyrrole nitrogens is 2. The van der Waals surface area contributed by atoms with Crippen molar-refractivity contribution in [2.45, 2.75) is 20.8 Å². The van der Waals surface area contributed by atoms with Gasteiger partial charge in [0.1, 0.15) is 11.4 Å². The number of nitrogens with zero attached hydrogens (tertiary/aromatic N) is 3. The second-order valence-corrected chi connectivity index (χ2v) is 6.83. The minimum absolute atomic E-state index is 0.105. The summed E-state index contributed by atoms with van der Waals surface area (Å²) in [6.45, 7) is 5.61. The number of benzene rings is 2. The van der Waals surface area contributed by atoms with Crippen LogP contribution in [0.5, 0.6) is 5.88 Å². The molecule has 0 spiro atoms. The Balaban J connectivity index is 1.83. The van der Waals surface area contributed by atoms with Crippen LogP contribution in [-0.2, 0) is 0 Å². The largest absolute Gasteiger partial charge is 0.493 e. The van der Waals surface area contributed by atoms with Crippen molar-refractivity contribution in [3.05, 3.63) is 79.8 Å². The predicted octanol–water partition coefficient (Wildman–Crippen LogP) is 2.78. The molecule has 0 amide bonds. The highest BCUT2D eigenvalue weighted by Gasteiger charge is 2.16. The van der Waals surface area contributed by atoms with E-state index in [0.29, 0.717) is 11.4 Å².